The van der Waals surface area contributed by atoms with Crippen molar-refractivity contribution in [3.8, 4) is 28.3 Å². The van der Waals surface area contributed by atoms with Crippen LogP contribution in [0.1, 0.15) is 24.0 Å². The molecule has 0 atom stereocenters. The maximum absolute atomic E-state index is 5.84. The van der Waals surface area contributed by atoms with Crippen LogP contribution in [0.4, 0.5) is 5.69 Å². The van der Waals surface area contributed by atoms with E-state index in [-0.39, 0.29) is 0 Å². The van der Waals surface area contributed by atoms with Gasteiger partial charge in [-0.3, -0.25) is 0 Å². The van der Waals surface area contributed by atoms with Crippen molar-refractivity contribution in [1.82, 2.24) is 4.98 Å². The topological polar surface area (TPSA) is 25.4 Å². The lowest BCUT2D eigenvalue weighted by Crippen LogP contribution is -2.09. The lowest BCUT2D eigenvalue weighted by Gasteiger charge is -2.22. The molecule has 1 aromatic heterocycles. The van der Waals surface area contributed by atoms with Crippen molar-refractivity contribution in [3.63, 3.8) is 0 Å². The Morgan fingerprint density at radius 1 is 0.871 bits per heavy atom. The van der Waals surface area contributed by atoms with Crippen molar-refractivity contribution < 1.29 is 4.74 Å². The summed E-state index contributed by atoms with van der Waals surface area (Å²) in [4.78, 5) is 7.39. The molecule has 0 spiro atoms. The molecule has 0 saturated heterocycles. The van der Waals surface area contributed by atoms with E-state index in [1.54, 1.807) is 7.11 Å². The molecule has 0 fully saturated rings. The SMILES string of the molecule is COc1ccc2ccccc2c1-c1nc(-c2ccc(N(C)C)cc2)cc2c1CCCC2. The first-order valence-electron chi connectivity index (χ1n) is 11.0. The quantitative estimate of drug-likeness (QED) is 0.384. The molecule has 1 aliphatic rings. The van der Waals surface area contributed by atoms with Gasteiger partial charge in [0.15, 0.2) is 0 Å². The molecule has 1 heterocycles. The van der Waals surface area contributed by atoms with Gasteiger partial charge in [0.1, 0.15) is 5.75 Å². The van der Waals surface area contributed by atoms with Gasteiger partial charge in [-0.2, -0.15) is 0 Å². The number of ether oxygens (including phenoxy) is 1. The first kappa shape index (κ1) is 19.6. The lowest BCUT2D eigenvalue weighted by atomic mass is 9.86. The van der Waals surface area contributed by atoms with E-state index >= 15 is 0 Å². The first-order chi connectivity index (χ1) is 15.2. The van der Waals surface area contributed by atoms with Gasteiger partial charge in [-0.05, 0) is 71.8 Å². The number of pyridine rings is 1. The molecule has 31 heavy (non-hydrogen) atoms. The second-order valence-electron chi connectivity index (χ2n) is 8.51. The van der Waals surface area contributed by atoms with Crippen LogP contribution in [0.3, 0.4) is 0 Å². The maximum Gasteiger partial charge on any atom is 0.128 e. The van der Waals surface area contributed by atoms with Crippen molar-refractivity contribution in [2.45, 2.75) is 25.7 Å². The Morgan fingerprint density at radius 3 is 2.42 bits per heavy atom. The van der Waals surface area contributed by atoms with Crippen LogP contribution in [0.25, 0.3) is 33.3 Å². The Balaban J connectivity index is 1.76. The average Bonchev–Trinajstić information content (AvgIpc) is 2.82. The van der Waals surface area contributed by atoms with Gasteiger partial charge >= 0.3 is 0 Å². The zero-order chi connectivity index (χ0) is 21.4. The van der Waals surface area contributed by atoms with E-state index in [1.165, 1.54) is 40.4 Å². The van der Waals surface area contributed by atoms with Gasteiger partial charge in [0.2, 0.25) is 0 Å². The number of aromatic nitrogens is 1. The standard InChI is InChI=1S/C28H28N2O/c1-30(2)22-15-12-20(13-16-22)25-18-21-9-5-7-11-24(21)28(29-25)27-23-10-6-4-8-19(23)14-17-26(27)31-3/h4,6,8,10,12-18H,5,7,9,11H2,1-3H3. The van der Waals surface area contributed by atoms with Crippen LogP contribution in [0.15, 0.2) is 66.7 Å². The molecule has 3 aromatic carbocycles. The van der Waals surface area contributed by atoms with E-state index in [0.717, 1.165) is 41.1 Å². The molecule has 0 aliphatic heterocycles. The van der Waals surface area contributed by atoms with Gasteiger partial charge in [0.25, 0.3) is 0 Å². The third kappa shape index (κ3) is 3.54. The van der Waals surface area contributed by atoms with Crippen molar-refractivity contribution in [3.05, 3.63) is 77.9 Å². The summed E-state index contributed by atoms with van der Waals surface area (Å²) < 4.78 is 5.84. The summed E-state index contributed by atoms with van der Waals surface area (Å²) in [5.41, 5.74) is 8.39. The fourth-order valence-corrected chi connectivity index (χ4v) is 4.69. The largest absolute Gasteiger partial charge is 0.496 e. The Morgan fingerprint density at radius 2 is 1.65 bits per heavy atom. The number of aryl methyl sites for hydroxylation is 1. The van der Waals surface area contributed by atoms with Crippen molar-refractivity contribution in [2.24, 2.45) is 0 Å². The number of anilines is 1. The van der Waals surface area contributed by atoms with Gasteiger partial charge in [-0.15, -0.1) is 0 Å². The second kappa shape index (κ2) is 8.07. The summed E-state index contributed by atoms with van der Waals surface area (Å²) in [6, 6.07) is 23.7. The van der Waals surface area contributed by atoms with E-state index in [9.17, 15) is 0 Å². The highest BCUT2D eigenvalue weighted by Crippen LogP contribution is 2.41. The zero-order valence-electron chi connectivity index (χ0n) is 18.5. The number of methoxy groups -OCH3 is 1. The van der Waals surface area contributed by atoms with Crippen LogP contribution in [-0.2, 0) is 12.8 Å². The number of rotatable bonds is 4. The summed E-state index contributed by atoms with van der Waals surface area (Å²) in [5.74, 6) is 0.888. The Labute approximate surface area is 184 Å². The van der Waals surface area contributed by atoms with Crippen LogP contribution < -0.4 is 9.64 Å². The highest BCUT2D eigenvalue weighted by atomic mass is 16.5. The minimum Gasteiger partial charge on any atom is -0.496 e. The molecule has 4 aromatic rings. The molecule has 5 rings (SSSR count). The van der Waals surface area contributed by atoms with Gasteiger partial charge in [0, 0.05) is 25.3 Å². The molecule has 156 valence electrons. The summed E-state index contributed by atoms with van der Waals surface area (Å²) in [6.45, 7) is 0. The summed E-state index contributed by atoms with van der Waals surface area (Å²) in [7, 11) is 5.89. The number of nitrogens with zero attached hydrogens (tertiary/aromatic N) is 2. The Kier molecular flexibility index (Phi) is 5.11. The van der Waals surface area contributed by atoms with Crippen LogP contribution in [0.5, 0.6) is 5.75 Å². The molecule has 0 N–H and O–H groups in total. The molecular weight excluding hydrogens is 380 g/mol. The number of fused-ring (bicyclic) bond motifs is 2. The summed E-state index contributed by atoms with van der Waals surface area (Å²) >= 11 is 0. The smallest absolute Gasteiger partial charge is 0.128 e. The third-order valence-corrected chi connectivity index (χ3v) is 6.37. The summed E-state index contributed by atoms with van der Waals surface area (Å²) in [5, 5.41) is 2.41. The maximum atomic E-state index is 5.84. The first-order valence-corrected chi connectivity index (χ1v) is 11.0. The van der Waals surface area contributed by atoms with E-state index in [2.05, 4.69) is 85.7 Å². The molecule has 0 bridgehead atoms. The normalized spacial score (nSPS) is 13.1. The van der Waals surface area contributed by atoms with Gasteiger partial charge in [0.05, 0.1) is 24.1 Å². The minimum atomic E-state index is 0.888. The molecule has 0 amide bonds. The predicted molar refractivity (Wildman–Crippen MR) is 130 cm³/mol. The summed E-state index contributed by atoms with van der Waals surface area (Å²) in [6.07, 6.45) is 4.64. The third-order valence-electron chi connectivity index (χ3n) is 6.37. The molecule has 1 aliphatic carbocycles. The zero-order valence-corrected chi connectivity index (χ0v) is 18.5. The van der Waals surface area contributed by atoms with Crippen LogP contribution in [0, 0.1) is 0 Å². The monoisotopic (exact) mass is 408 g/mol. The molecule has 3 heteroatoms. The van der Waals surface area contributed by atoms with Gasteiger partial charge in [-0.1, -0.05) is 42.5 Å². The van der Waals surface area contributed by atoms with E-state index < -0.39 is 0 Å². The van der Waals surface area contributed by atoms with Crippen LogP contribution >= 0.6 is 0 Å². The van der Waals surface area contributed by atoms with Crippen LogP contribution in [-0.4, -0.2) is 26.2 Å². The van der Waals surface area contributed by atoms with E-state index in [4.69, 9.17) is 9.72 Å². The highest BCUT2D eigenvalue weighted by molar-refractivity contribution is 6.00. The lowest BCUT2D eigenvalue weighted by molar-refractivity contribution is 0.417. The number of hydrogen-bond donors (Lipinski definition) is 0. The van der Waals surface area contributed by atoms with Crippen LogP contribution in [0.2, 0.25) is 0 Å². The fraction of sp³-hybridized carbons (Fsp3) is 0.250. The van der Waals surface area contributed by atoms with Gasteiger partial charge < -0.3 is 9.64 Å². The van der Waals surface area contributed by atoms with Crippen molar-refractivity contribution in [1.29, 1.82) is 0 Å². The molecular formula is C28H28N2O. The van der Waals surface area contributed by atoms with E-state index in [1.807, 2.05) is 0 Å². The minimum absolute atomic E-state index is 0.888. The second-order valence-corrected chi connectivity index (χ2v) is 8.51. The molecule has 0 unspecified atom stereocenters. The van der Waals surface area contributed by atoms with Gasteiger partial charge in [-0.25, -0.2) is 4.98 Å². The number of benzene rings is 3. The molecule has 3 nitrogen and oxygen atoms in total. The predicted octanol–water partition coefficient (Wildman–Crippen LogP) is 6.52. The average molecular weight is 409 g/mol. The van der Waals surface area contributed by atoms with E-state index in [0.29, 0.717) is 0 Å². The van der Waals surface area contributed by atoms with Crippen molar-refractivity contribution >= 4 is 16.5 Å². The van der Waals surface area contributed by atoms with Crippen molar-refractivity contribution in [2.75, 3.05) is 26.1 Å². The Bertz CT molecular complexity index is 1240. The Hall–Kier alpha value is -3.33. The number of hydrogen-bond acceptors (Lipinski definition) is 3. The molecule has 0 saturated carbocycles. The molecule has 0 radical (unpaired) electrons. The fourth-order valence-electron chi connectivity index (χ4n) is 4.69. The highest BCUT2D eigenvalue weighted by Gasteiger charge is 2.22.